The number of nitrogens with zero attached hydrogens (tertiary/aromatic N) is 1. The zero-order chi connectivity index (χ0) is 14.9. The van der Waals surface area contributed by atoms with Gasteiger partial charge in [0.2, 0.25) is 0 Å². The molecule has 0 aromatic heterocycles. The zero-order valence-corrected chi connectivity index (χ0v) is 12.6. The van der Waals surface area contributed by atoms with Crippen molar-refractivity contribution in [2.75, 3.05) is 14.2 Å². The molecule has 0 saturated carbocycles. The molecule has 2 rings (SSSR count). The van der Waals surface area contributed by atoms with Crippen LogP contribution < -0.4 is 0 Å². The number of carbonyl (C=O) groups excluding carboxylic acids is 2. The van der Waals surface area contributed by atoms with Crippen molar-refractivity contribution in [1.29, 1.82) is 0 Å². The van der Waals surface area contributed by atoms with Crippen LogP contribution in [0.3, 0.4) is 0 Å². The van der Waals surface area contributed by atoms with Gasteiger partial charge in [0.15, 0.2) is 0 Å². The summed E-state index contributed by atoms with van der Waals surface area (Å²) in [7, 11) is 2.46. The first-order valence-electron chi connectivity index (χ1n) is 5.87. The van der Waals surface area contributed by atoms with Crippen LogP contribution in [0, 0.1) is 5.82 Å². The van der Waals surface area contributed by atoms with E-state index in [4.69, 9.17) is 4.74 Å². The van der Waals surface area contributed by atoms with E-state index in [0.717, 1.165) is 0 Å². The lowest BCUT2D eigenvalue weighted by atomic mass is 9.94. The van der Waals surface area contributed by atoms with Gasteiger partial charge in [-0.05, 0) is 17.7 Å². The Morgan fingerprint density at radius 2 is 2.05 bits per heavy atom. The molecule has 1 atom stereocenters. The lowest BCUT2D eigenvalue weighted by molar-refractivity contribution is -0.146. The Hall–Kier alpha value is -1.63. The number of benzene rings is 1. The van der Waals surface area contributed by atoms with E-state index in [1.807, 2.05) is 0 Å². The molecule has 1 amide bonds. The summed E-state index contributed by atoms with van der Waals surface area (Å²) in [4.78, 5) is 24.7. The monoisotopic (exact) mass is 345 g/mol. The van der Waals surface area contributed by atoms with Crippen LogP contribution in [0.1, 0.15) is 11.1 Å². The maximum atomic E-state index is 14.0. The van der Waals surface area contributed by atoms with Gasteiger partial charge in [0, 0.05) is 16.5 Å². The predicted molar refractivity (Wildman–Crippen MR) is 71.6 cm³/mol. The smallest absolute Gasteiger partial charge is 0.410 e. The highest BCUT2D eigenvalue weighted by molar-refractivity contribution is 9.10. The molecular formula is C13H13BrFNO4. The van der Waals surface area contributed by atoms with Crippen molar-refractivity contribution in [1.82, 2.24) is 4.90 Å². The minimum atomic E-state index is -0.811. The van der Waals surface area contributed by atoms with Crippen LogP contribution in [-0.4, -0.2) is 37.2 Å². The molecule has 1 unspecified atom stereocenters. The molecule has 1 aliphatic heterocycles. The molecule has 20 heavy (non-hydrogen) atoms. The summed E-state index contributed by atoms with van der Waals surface area (Å²) in [5.74, 6) is -0.979. The lowest BCUT2D eigenvalue weighted by Gasteiger charge is -2.34. The fourth-order valence-electron chi connectivity index (χ4n) is 2.27. The van der Waals surface area contributed by atoms with Crippen LogP contribution >= 0.6 is 15.9 Å². The van der Waals surface area contributed by atoms with E-state index < -0.39 is 23.9 Å². The third-order valence-electron chi connectivity index (χ3n) is 3.25. The minimum Gasteiger partial charge on any atom is -0.467 e. The predicted octanol–water partition coefficient (Wildman–Crippen LogP) is 2.25. The maximum absolute atomic E-state index is 14.0. The Bertz CT molecular complexity index is 564. The van der Waals surface area contributed by atoms with Crippen LogP contribution in [-0.2, 0) is 27.2 Å². The van der Waals surface area contributed by atoms with Crippen molar-refractivity contribution in [3.8, 4) is 0 Å². The van der Waals surface area contributed by atoms with Crippen LogP contribution in [0.15, 0.2) is 16.6 Å². The molecule has 0 saturated heterocycles. The quantitative estimate of drug-likeness (QED) is 0.732. The number of methoxy groups -OCH3 is 2. The third-order valence-corrected chi connectivity index (χ3v) is 3.71. The van der Waals surface area contributed by atoms with Gasteiger partial charge in [-0.25, -0.2) is 14.0 Å². The first-order valence-corrected chi connectivity index (χ1v) is 6.66. The molecule has 0 fully saturated rings. The summed E-state index contributed by atoms with van der Waals surface area (Å²) in [5, 5.41) is 0. The zero-order valence-electron chi connectivity index (χ0n) is 11.0. The maximum Gasteiger partial charge on any atom is 0.410 e. The van der Waals surface area contributed by atoms with Crippen molar-refractivity contribution in [2.45, 2.75) is 19.0 Å². The molecule has 5 nitrogen and oxygen atoms in total. The highest BCUT2D eigenvalue weighted by Crippen LogP contribution is 2.29. The van der Waals surface area contributed by atoms with Gasteiger partial charge in [0.25, 0.3) is 0 Å². The number of amides is 1. The summed E-state index contributed by atoms with van der Waals surface area (Å²) >= 11 is 3.21. The number of carbonyl (C=O) groups is 2. The second-order valence-electron chi connectivity index (χ2n) is 4.37. The second-order valence-corrected chi connectivity index (χ2v) is 5.28. The average Bonchev–Trinajstić information content (AvgIpc) is 2.44. The normalized spacial score (nSPS) is 17.4. The van der Waals surface area contributed by atoms with E-state index in [1.165, 1.54) is 25.2 Å². The molecule has 1 heterocycles. The molecule has 0 bridgehead atoms. The summed E-state index contributed by atoms with van der Waals surface area (Å²) in [6.07, 6.45) is -0.499. The Kier molecular flexibility index (Phi) is 4.27. The Balaban J connectivity index is 2.44. The van der Waals surface area contributed by atoms with Gasteiger partial charge in [0.1, 0.15) is 11.9 Å². The number of hydrogen-bond donors (Lipinski definition) is 0. The van der Waals surface area contributed by atoms with E-state index in [2.05, 4.69) is 20.7 Å². The van der Waals surface area contributed by atoms with Gasteiger partial charge in [0.05, 0.1) is 20.8 Å². The Morgan fingerprint density at radius 1 is 1.35 bits per heavy atom. The highest BCUT2D eigenvalue weighted by Gasteiger charge is 2.37. The molecule has 108 valence electrons. The van der Waals surface area contributed by atoms with Crippen molar-refractivity contribution < 1.29 is 23.5 Å². The van der Waals surface area contributed by atoms with Crippen LogP contribution in [0.25, 0.3) is 0 Å². The molecule has 1 aliphatic rings. The Labute approximate surface area is 123 Å². The van der Waals surface area contributed by atoms with Gasteiger partial charge in [-0.3, -0.25) is 4.90 Å². The van der Waals surface area contributed by atoms with Gasteiger partial charge < -0.3 is 9.47 Å². The lowest BCUT2D eigenvalue weighted by Crippen LogP contribution is -2.49. The summed E-state index contributed by atoms with van der Waals surface area (Å²) in [5.41, 5.74) is 1.06. The van der Waals surface area contributed by atoms with Gasteiger partial charge in [-0.15, -0.1) is 0 Å². The molecule has 1 aromatic rings. The van der Waals surface area contributed by atoms with Gasteiger partial charge >= 0.3 is 12.1 Å². The molecule has 0 spiro atoms. The van der Waals surface area contributed by atoms with E-state index in [1.54, 1.807) is 6.07 Å². The SMILES string of the molecule is COC(=O)C1Cc2cc(Br)cc(F)c2CN1C(=O)OC. The van der Waals surface area contributed by atoms with Crippen LogP contribution in [0.2, 0.25) is 0 Å². The van der Waals surface area contributed by atoms with Crippen molar-refractivity contribution in [2.24, 2.45) is 0 Å². The first-order chi connectivity index (χ1) is 9.47. The average molecular weight is 346 g/mol. The second kappa shape index (κ2) is 5.78. The Morgan fingerprint density at radius 3 is 2.65 bits per heavy atom. The van der Waals surface area contributed by atoms with Crippen LogP contribution in [0.4, 0.5) is 9.18 Å². The van der Waals surface area contributed by atoms with Crippen molar-refractivity contribution in [3.05, 3.63) is 33.5 Å². The van der Waals surface area contributed by atoms with E-state index in [9.17, 15) is 14.0 Å². The van der Waals surface area contributed by atoms with E-state index in [-0.39, 0.29) is 13.0 Å². The minimum absolute atomic E-state index is 0.0269. The molecular weight excluding hydrogens is 333 g/mol. The van der Waals surface area contributed by atoms with Gasteiger partial charge in [-0.1, -0.05) is 15.9 Å². The van der Waals surface area contributed by atoms with Crippen molar-refractivity contribution >= 4 is 28.0 Å². The summed E-state index contributed by atoms with van der Waals surface area (Å²) in [6, 6.07) is 2.25. The largest absolute Gasteiger partial charge is 0.467 e. The molecule has 1 aromatic carbocycles. The number of hydrogen-bond acceptors (Lipinski definition) is 4. The van der Waals surface area contributed by atoms with Crippen molar-refractivity contribution in [3.63, 3.8) is 0 Å². The number of fused-ring (bicyclic) bond motifs is 1. The summed E-state index contributed by atoms with van der Waals surface area (Å²) < 4.78 is 23.9. The number of halogens is 2. The van der Waals surface area contributed by atoms with E-state index in [0.29, 0.717) is 15.6 Å². The van der Waals surface area contributed by atoms with E-state index >= 15 is 0 Å². The fraction of sp³-hybridized carbons (Fsp3) is 0.385. The number of rotatable bonds is 1. The topological polar surface area (TPSA) is 55.8 Å². The van der Waals surface area contributed by atoms with Crippen LogP contribution in [0.5, 0.6) is 0 Å². The fourth-order valence-corrected chi connectivity index (χ4v) is 2.75. The van der Waals surface area contributed by atoms with Gasteiger partial charge in [-0.2, -0.15) is 0 Å². The molecule has 7 heteroatoms. The molecule has 0 aliphatic carbocycles. The number of ether oxygens (including phenoxy) is 2. The highest BCUT2D eigenvalue weighted by atomic mass is 79.9. The first kappa shape index (κ1) is 14.8. The number of esters is 1. The molecule has 0 radical (unpaired) electrons. The molecule has 0 N–H and O–H groups in total. The standard InChI is InChI=1S/C13H13BrFNO4/c1-19-12(17)11-4-7-3-8(14)5-10(15)9(7)6-16(11)13(18)20-2/h3,5,11H,4,6H2,1-2H3. The summed E-state index contributed by atoms with van der Waals surface area (Å²) in [6.45, 7) is -0.0269. The third kappa shape index (κ3) is 2.63.